The molecule has 1 atom stereocenters. The number of carbonyl (C=O) groups excluding carboxylic acids is 2. The first kappa shape index (κ1) is 19.5. The van der Waals surface area contributed by atoms with Gasteiger partial charge in [-0.3, -0.25) is 4.79 Å². The number of anilines is 1. The molecule has 0 saturated carbocycles. The standard InChI is InChI=1S/C21H26N2O3/c1-14-11-12-17(13-15(14)2)22-19(24)18(16-9-7-6-8-10-16)23-20(25)26-21(3,4)5/h6-13,18H,1-5H3,(H,22,24)(H,23,25). The molecule has 0 fully saturated rings. The molecular weight excluding hydrogens is 328 g/mol. The van der Waals surface area contributed by atoms with Crippen LogP contribution in [0.15, 0.2) is 48.5 Å². The van der Waals surface area contributed by atoms with Gasteiger partial charge in [0.25, 0.3) is 5.91 Å². The van der Waals surface area contributed by atoms with Crippen molar-refractivity contribution in [2.45, 2.75) is 46.3 Å². The van der Waals surface area contributed by atoms with Crippen LogP contribution >= 0.6 is 0 Å². The Morgan fingerprint density at radius 2 is 1.62 bits per heavy atom. The van der Waals surface area contributed by atoms with E-state index in [9.17, 15) is 9.59 Å². The van der Waals surface area contributed by atoms with Crippen LogP contribution in [-0.4, -0.2) is 17.6 Å². The molecule has 0 spiro atoms. The van der Waals surface area contributed by atoms with Gasteiger partial charge in [-0.05, 0) is 63.4 Å². The monoisotopic (exact) mass is 354 g/mol. The SMILES string of the molecule is Cc1ccc(NC(=O)C(NC(=O)OC(C)(C)C)c2ccccc2)cc1C. The molecule has 0 aliphatic rings. The lowest BCUT2D eigenvalue weighted by atomic mass is 10.1. The number of aryl methyl sites for hydroxylation is 2. The smallest absolute Gasteiger partial charge is 0.408 e. The van der Waals surface area contributed by atoms with E-state index in [0.717, 1.165) is 11.1 Å². The van der Waals surface area contributed by atoms with E-state index >= 15 is 0 Å². The van der Waals surface area contributed by atoms with Crippen LogP contribution < -0.4 is 10.6 Å². The maximum atomic E-state index is 12.8. The van der Waals surface area contributed by atoms with Crippen molar-refractivity contribution >= 4 is 17.7 Å². The van der Waals surface area contributed by atoms with Crippen molar-refractivity contribution in [1.29, 1.82) is 0 Å². The first-order chi connectivity index (χ1) is 12.2. The molecule has 0 aliphatic carbocycles. The van der Waals surface area contributed by atoms with E-state index in [1.807, 2.05) is 50.2 Å². The van der Waals surface area contributed by atoms with Crippen molar-refractivity contribution in [1.82, 2.24) is 5.32 Å². The lowest BCUT2D eigenvalue weighted by molar-refractivity contribution is -0.118. The van der Waals surface area contributed by atoms with Gasteiger partial charge in [-0.25, -0.2) is 4.79 Å². The van der Waals surface area contributed by atoms with E-state index in [1.165, 1.54) is 0 Å². The van der Waals surface area contributed by atoms with E-state index < -0.39 is 17.7 Å². The molecule has 2 N–H and O–H groups in total. The molecule has 0 heterocycles. The van der Waals surface area contributed by atoms with Gasteiger partial charge in [0.05, 0.1) is 0 Å². The lowest BCUT2D eigenvalue weighted by Gasteiger charge is -2.23. The van der Waals surface area contributed by atoms with Crippen molar-refractivity contribution in [2.75, 3.05) is 5.32 Å². The highest BCUT2D eigenvalue weighted by atomic mass is 16.6. The molecule has 0 bridgehead atoms. The van der Waals surface area contributed by atoms with Gasteiger partial charge in [0.15, 0.2) is 0 Å². The summed E-state index contributed by atoms with van der Waals surface area (Å²) in [7, 11) is 0. The van der Waals surface area contributed by atoms with Crippen LogP contribution in [0.25, 0.3) is 0 Å². The van der Waals surface area contributed by atoms with Gasteiger partial charge in [-0.15, -0.1) is 0 Å². The van der Waals surface area contributed by atoms with Crippen molar-refractivity contribution in [3.8, 4) is 0 Å². The van der Waals surface area contributed by atoms with Crippen LogP contribution in [0.1, 0.15) is 43.5 Å². The van der Waals surface area contributed by atoms with Gasteiger partial charge in [0.1, 0.15) is 11.6 Å². The summed E-state index contributed by atoms with van der Waals surface area (Å²) >= 11 is 0. The Hall–Kier alpha value is -2.82. The molecule has 26 heavy (non-hydrogen) atoms. The Labute approximate surface area is 154 Å². The molecule has 0 radical (unpaired) electrons. The minimum Gasteiger partial charge on any atom is -0.444 e. The number of hydrogen-bond donors (Lipinski definition) is 2. The second-order valence-corrected chi connectivity index (χ2v) is 7.28. The van der Waals surface area contributed by atoms with Gasteiger partial charge < -0.3 is 15.4 Å². The summed E-state index contributed by atoms with van der Waals surface area (Å²) in [4.78, 5) is 25.0. The molecule has 1 unspecified atom stereocenters. The summed E-state index contributed by atoms with van der Waals surface area (Å²) in [5.74, 6) is -0.328. The van der Waals surface area contributed by atoms with E-state index in [0.29, 0.717) is 11.3 Å². The normalized spacial score (nSPS) is 12.2. The highest BCUT2D eigenvalue weighted by Gasteiger charge is 2.25. The van der Waals surface area contributed by atoms with Gasteiger partial charge in [0.2, 0.25) is 0 Å². The number of rotatable bonds is 4. The highest BCUT2D eigenvalue weighted by molar-refractivity contribution is 5.97. The third-order valence-electron chi connectivity index (χ3n) is 3.83. The summed E-state index contributed by atoms with van der Waals surface area (Å²) in [6.45, 7) is 9.33. The zero-order chi connectivity index (χ0) is 19.3. The van der Waals surface area contributed by atoms with E-state index in [-0.39, 0.29) is 5.91 Å². The fraction of sp³-hybridized carbons (Fsp3) is 0.333. The first-order valence-electron chi connectivity index (χ1n) is 8.58. The largest absolute Gasteiger partial charge is 0.444 e. The van der Waals surface area contributed by atoms with E-state index in [1.54, 1.807) is 32.9 Å². The minimum atomic E-state index is -0.854. The zero-order valence-electron chi connectivity index (χ0n) is 15.9. The quantitative estimate of drug-likeness (QED) is 0.849. The Kier molecular flexibility index (Phi) is 6.03. The molecule has 0 saturated heterocycles. The van der Waals surface area contributed by atoms with Gasteiger partial charge in [-0.1, -0.05) is 36.4 Å². The number of hydrogen-bond acceptors (Lipinski definition) is 3. The maximum absolute atomic E-state index is 12.8. The average Bonchev–Trinajstić information content (AvgIpc) is 2.55. The predicted molar refractivity (Wildman–Crippen MR) is 103 cm³/mol. The number of amides is 2. The molecular formula is C21H26N2O3. The van der Waals surface area contributed by atoms with E-state index in [2.05, 4.69) is 10.6 Å². The van der Waals surface area contributed by atoms with Gasteiger partial charge in [-0.2, -0.15) is 0 Å². The predicted octanol–water partition coefficient (Wildman–Crippen LogP) is 4.51. The third kappa shape index (κ3) is 5.62. The molecule has 5 nitrogen and oxygen atoms in total. The number of ether oxygens (including phenoxy) is 1. The second-order valence-electron chi connectivity index (χ2n) is 7.28. The number of carbonyl (C=O) groups is 2. The Morgan fingerprint density at radius 1 is 0.962 bits per heavy atom. The Morgan fingerprint density at radius 3 is 2.19 bits per heavy atom. The van der Waals surface area contributed by atoms with Crippen LogP contribution in [0, 0.1) is 13.8 Å². The minimum absolute atomic E-state index is 0.328. The molecule has 2 aromatic carbocycles. The highest BCUT2D eigenvalue weighted by Crippen LogP contribution is 2.19. The Bertz CT molecular complexity index is 780. The van der Waals surface area contributed by atoms with E-state index in [4.69, 9.17) is 4.74 Å². The summed E-state index contributed by atoms with van der Waals surface area (Å²) < 4.78 is 5.29. The summed E-state index contributed by atoms with van der Waals surface area (Å²) in [6.07, 6.45) is -0.637. The molecule has 0 aromatic heterocycles. The van der Waals surface area contributed by atoms with Crippen LogP contribution in [0.4, 0.5) is 10.5 Å². The molecule has 2 rings (SSSR count). The van der Waals surface area contributed by atoms with Crippen LogP contribution in [0.2, 0.25) is 0 Å². The van der Waals surface area contributed by atoms with Crippen molar-refractivity contribution in [3.63, 3.8) is 0 Å². The molecule has 138 valence electrons. The van der Waals surface area contributed by atoms with Crippen LogP contribution in [0.5, 0.6) is 0 Å². The number of nitrogens with one attached hydrogen (secondary N) is 2. The number of alkyl carbamates (subject to hydrolysis) is 1. The summed E-state index contributed by atoms with van der Waals surface area (Å²) in [5.41, 5.74) is 2.95. The molecule has 5 heteroatoms. The first-order valence-corrected chi connectivity index (χ1v) is 8.58. The molecule has 2 amide bonds. The van der Waals surface area contributed by atoms with Crippen molar-refractivity contribution in [3.05, 3.63) is 65.2 Å². The van der Waals surface area contributed by atoms with Gasteiger partial charge in [0, 0.05) is 5.69 Å². The van der Waals surface area contributed by atoms with Gasteiger partial charge >= 0.3 is 6.09 Å². The molecule has 2 aromatic rings. The van der Waals surface area contributed by atoms with Crippen molar-refractivity contribution in [2.24, 2.45) is 0 Å². The number of benzene rings is 2. The fourth-order valence-corrected chi connectivity index (χ4v) is 2.40. The topological polar surface area (TPSA) is 67.4 Å². The fourth-order valence-electron chi connectivity index (χ4n) is 2.40. The molecule has 0 aliphatic heterocycles. The summed E-state index contributed by atoms with van der Waals surface area (Å²) in [5, 5.41) is 5.53. The van der Waals surface area contributed by atoms with Crippen molar-refractivity contribution < 1.29 is 14.3 Å². The average molecular weight is 354 g/mol. The third-order valence-corrected chi connectivity index (χ3v) is 3.83. The zero-order valence-corrected chi connectivity index (χ0v) is 15.9. The summed E-state index contributed by atoms with van der Waals surface area (Å²) in [6, 6.07) is 13.9. The maximum Gasteiger partial charge on any atom is 0.408 e. The lowest BCUT2D eigenvalue weighted by Crippen LogP contribution is -2.40. The van der Waals surface area contributed by atoms with Crippen LogP contribution in [-0.2, 0) is 9.53 Å². The second kappa shape index (κ2) is 8.04. The van der Waals surface area contributed by atoms with Crippen LogP contribution in [0.3, 0.4) is 0 Å². The Balaban J connectivity index is 2.21.